The first-order chi connectivity index (χ1) is 26.4. The van der Waals surface area contributed by atoms with Crippen molar-refractivity contribution in [1.29, 1.82) is 0 Å². The Morgan fingerprint density at radius 3 is 1.26 bits per heavy atom. The second-order valence-electron chi connectivity index (χ2n) is 12.3. The van der Waals surface area contributed by atoms with Crippen molar-refractivity contribution in [3.05, 3.63) is 132 Å². The van der Waals surface area contributed by atoms with Gasteiger partial charge >= 0.3 is 0 Å². The summed E-state index contributed by atoms with van der Waals surface area (Å²) in [6.07, 6.45) is 2.56. The maximum Gasteiger partial charge on any atom is 0.134 e. The number of hydrogen-bond donors (Lipinski definition) is 7. The molecule has 0 spiro atoms. The molecule has 0 saturated carbocycles. The zero-order valence-electron chi connectivity index (χ0n) is 31.8. The maximum absolute atomic E-state index is 9.51. The first-order valence-electron chi connectivity index (χ1n) is 18.3. The first-order valence-corrected chi connectivity index (χ1v) is 21.8. The Labute approximate surface area is 337 Å². The minimum atomic E-state index is -0.289. The van der Waals surface area contributed by atoms with Gasteiger partial charge in [0.2, 0.25) is 0 Å². The number of hydrogen-bond acceptors (Lipinski definition) is 12. The average molecular weight is 811 g/mol. The molecular formula is C42H58N4O4S4. The highest BCUT2D eigenvalue weighted by atomic mass is 32.1. The van der Waals surface area contributed by atoms with Gasteiger partial charge in [-0.2, -0.15) is 0 Å². The van der Waals surface area contributed by atoms with Crippen LogP contribution in [0.5, 0.6) is 5.75 Å². The van der Waals surface area contributed by atoms with E-state index in [1.165, 1.54) is 15.6 Å². The Kier molecular flexibility index (Phi) is 23.2. The van der Waals surface area contributed by atoms with Crippen LogP contribution < -0.4 is 26.0 Å². The molecule has 4 heterocycles. The molecule has 4 atom stereocenters. The number of benzene rings is 2. The summed E-state index contributed by atoms with van der Waals surface area (Å²) in [6.45, 7) is 3.52. The molecule has 1 unspecified atom stereocenters. The van der Waals surface area contributed by atoms with Gasteiger partial charge in [0.05, 0.1) is 18.3 Å². The molecule has 294 valence electrons. The minimum Gasteiger partial charge on any atom is -0.484 e. The predicted octanol–water partition coefficient (Wildman–Crippen LogP) is 8.80. The maximum atomic E-state index is 9.51. The van der Waals surface area contributed by atoms with Crippen LogP contribution >= 0.6 is 45.3 Å². The lowest BCUT2D eigenvalue weighted by molar-refractivity contribution is 0.171. The fourth-order valence-corrected chi connectivity index (χ4v) is 8.20. The van der Waals surface area contributed by atoms with Gasteiger partial charge in [-0.05, 0) is 131 Å². The van der Waals surface area contributed by atoms with Crippen LogP contribution in [0.15, 0.2) is 113 Å². The van der Waals surface area contributed by atoms with E-state index in [9.17, 15) is 15.3 Å². The van der Waals surface area contributed by atoms with Gasteiger partial charge in [0.1, 0.15) is 11.9 Å². The van der Waals surface area contributed by atoms with E-state index in [1.807, 2.05) is 80.7 Å². The summed E-state index contributed by atoms with van der Waals surface area (Å²) in [7, 11) is 7.65. The number of fused-ring (bicyclic) bond motifs is 1. The van der Waals surface area contributed by atoms with E-state index < -0.39 is 0 Å². The molecule has 8 nitrogen and oxygen atoms in total. The number of aliphatic hydroxyl groups is 3. The van der Waals surface area contributed by atoms with Crippen molar-refractivity contribution < 1.29 is 20.1 Å². The van der Waals surface area contributed by atoms with Gasteiger partial charge in [0, 0.05) is 31.3 Å². The van der Waals surface area contributed by atoms with E-state index in [1.54, 1.807) is 45.3 Å². The van der Waals surface area contributed by atoms with Crippen LogP contribution in [0.1, 0.15) is 69.6 Å². The topological polar surface area (TPSA) is 118 Å². The second-order valence-corrected chi connectivity index (χ2v) is 16.2. The van der Waals surface area contributed by atoms with Crippen LogP contribution in [0.3, 0.4) is 0 Å². The molecule has 0 bridgehead atoms. The first kappa shape index (κ1) is 45.4. The monoisotopic (exact) mass is 810 g/mol. The van der Waals surface area contributed by atoms with Crippen molar-refractivity contribution in [3.63, 3.8) is 0 Å². The van der Waals surface area contributed by atoms with Gasteiger partial charge < -0.3 is 41.3 Å². The summed E-state index contributed by atoms with van der Waals surface area (Å²) < 4.78 is 6.34. The molecule has 4 aromatic heterocycles. The van der Waals surface area contributed by atoms with Crippen molar-refractivity contribution in [2.45, 2.75) is 50.1 Å². The average Bonchev–Trinajstić information content (AvgIpc) is 4.06. The molecule has 12 heteroatoms. The molecule has 0 aliphatic carbocycles. The number of thiophene rings is 4. The smallest absolute Gasteiger partial charge is 0.134 e. The highest BCUT2D eigenvalue weighted by Gasteiger charge is 2.15. The van der Waals surface area contributed by atoms with E-state index in [0.717, 1.165) is 72.2 Å². The summed E-state index contributed by atoms with van der Waals surface area (Å²) in [5.41, 5.74) is 0. The molecule has 2 aromatic carbocycles. The Balaban J connectivity index is 0.000000205. The Bertz CT molecular complexity index is 1610. The molecular weight excluding hydrogens is 753 g/mol. The van der Waals surface area contributed by atoms with E-state index in [2.05, 4.69) is 81.2 Å². The van der Waals surface area contributed by atoms with E-state index >= 15 is 0 Å². The van der Waals surface area contributed by atoms with Crippen LogP contribution in [-0.2, 0) is 0 Å². The highest BCUT2D eigenvalue weighted by molar-refractivity contribution is 7.10. The number of rotatable bonds is 18. The minimum absolute atomic E-state index is 0.100. The molecule has 0 saturated heterocycles. The summed E-state index contributed by atoms with van der Waals surface area (Å²) in [5, 5.41) is 51.2. The standard InChI is InChI=1S/C18H19NOS.3C8H13NOS/c1-19-12-11-17(18-10-5-13-21-18)20-16-9-4-7-14-6-2-3-8-15(14)16;3*1-9-5-4-7(10)8-3-2-6-11-8/h2-10,13,17,19H,11-12H2,1H3;3*2-3,6-7,9-10H,4-5H2,1H3/t17-;2*7-;/m010./s1. The third kappa shape index (κ3) is 16.8. The lowest BCUT2D eigenvalue weighted by Gasteiger charge is -2.19. The van der Waals surface area contributed by atoms with Gasteiger partial charge in [-0.1, -0.05) is 60.7 Å². The van der Waals surface area contributed by atoms with E-state index in [0.29, 0.717) is 0 Å². The molecule has 0 fully saturated rings. The van der Waals surface area contributed by atoms with E-state index in [-0.39, 0.29) is 24.4 Å². The van der Waals surface area contributed by atoms with Crippen LogP contribution in [0, 0.1) is 0 Å². The lowest BCUT2D eigenvalue weighted by Crippen LogP contribution is -2.15. The van der Waals surface area contributed by atoms with Gasteiger partial charge in [-0.3, -0.25) is 0 Å². The number of aliphatic hydroxyl groups excluding tert-OH is 3. The fourth-order valence-electron chi connectivity index (χ4n) is 5.17. The second kappa shape index (κ2) is 27.6. The van der Waals surface area contributed by atoms with Crippen LogP contribution in [0.4, 0.5) is 0 Å². The summed E-state index contributed by atoms with van der Waals surface area (Å²) in [5.74, 6) is 0.961. The molecule has 54 heavy (non-hydrogen) atoms. The Morgan fingerprint density at radius 1 is 0.463 bits per heavy atom. The van der Waals surface area contributed by atoms with Crippen LogP contribution in [0.2, 0.25) is 0 Å². The molecule has 7 N–H and O–H groups in total. The van der Waals surface area contributed by atoms with Crippen molar-refractivity contribution in [1.82, 2.24) is 21.3 Å². The van der Waals surface area contributed by atoms with Crippen molar-refractivity contribution >= 4 is 56.1 Å². The highest BCUT2D eigenvalue weighted by Crippen LogP contribution is 2.32. The molecule has 0 aliphatic heterocycles. The third-order valence-corrected chi connectivity index (χ3v) is 12.0. The summed E-state index contributed by atoms with van der Waals surface area (Å²) >= 11 is 6.56. The normalized spacial score (nSPS) is 12.9. The quantitative estimate of drug-likeness (QED) is 0.0461. The molecule has 0 amide bonds. The zero-order chi connectivity index (χ0) is 38.8. The molecule has 0 aliphatic rings. The number of ether oxygens (including phenoxy) is 1. The third-order valence-electron chi connectivity index (χ3n) is 8.15. The molecule has 6 rings (SSSR count). The lowest BCUT2D eigenvalue weighted by atomic mass is 10.1. The van der Waals surface area contributed by atoms with Crippen molar-refractivity contribution in [3.8, 4) is 5.75 Å². The Hall–Kier alpha value is -2.98. The van der Waals surface area contributed by atoms with Gasteiger partial charge in [0.15, 0.2) is 0 Å². The SMILES string of the molecule is CNCCC(O)c1cccs1.CNCC[C@@H](O)c1cccs1.CNCC[C@H](O)c1cccs1.CNCC[C@H](Oc1cccc2ccccc12)c1cccs1. The zero-order valence-corrected chi connectivity index (χ0v) is 35.1. The predicted molar refractivity (Wildman–Crippen MR) is 234 cm³/mol. The van der Waals surface area contributed by atoms with Crippen molar-refractivity contribution in [2.75, 3.05) is 54.4 Å². The van der Waals surface area contributed by atoms with Gasteiger partial charge in [0.25, 0.3) is 0 Å². The summed E-state index contributed by atoms with van der Waals surface area (Å²) in [4.78, 5) is 4.44. The van der Waals surface area contributed by atoms with E-state index in [4.69, 9.17) is 4.74 Å². The largest absolute Gasteiger partial charge is 0.484 e. The fraction of sp³-hybridized carbons (Fsp3) is 0.381. The van der Waals surface area contributed by atoms with Crippen LogP contribution in [-0.4, -0.2) is 69.7 Å². The van der Waals surface area contributed by atoms with Gasteiger partial charge in [-0.15, -0.1) is 45.3 Å². The summed E-state index contributed by atoms with van der Waals surface area (Å²) in [6, 6.07) is 30.6. The molecule has 6 aromatic rings. The molecule has 0 radical (unpaired) electrons. The Morgan fingerprint density at radius 2 is 0.852 bits per heavy atom. The number of nitrogens with one attached hydrogen (secondary N) is 4. The van der Waals surface area contributed by atoms with Crippen LogP contribution in [0.25, 0.3) is 10.8 Å². The van der Waals surface area contributed by atoms with Crippen molar-refractivity contribution in [2.24, 2.45) is 0 Å². The van der Waals surface area contributed by atoms with Gasteiger partial charge in [-0.25, -0.2) is 0 Å².